The van der Waals surface area contributed by atoms with Crippen LogP contribution >= 0.6 is 11.3 Å². The Morgan fingerprint density at radius 3 is 2.50 bits per heavy atom. The van der Waals surface area contributed by atoms with E-state index in [0.717, 1.165) is 11.1 Å². The lowest BCUT2D eigenvalue weighted by Crippen LogP contribution is -2.40. The van der Waals surface area contributed by atoms with Gasteiger partial charge >= 0.3 is 5.97 Å². The molecule has 2 aromatic carbocycles. The summed E-state index contributed by atoms with van der Waals surface area (Å²) in [4.78, 5) is 31.9. The first-order chi connectivity index (χ1) is 16.4. The summed E-state index contributed by atoms with van der Waals surface area (Å²) >= 11 is 1.28. The van der Waals surface area contributed by atoms with Crippen molar-refractivity contribution in [1.82, 2.24) is 4.57 Å². The van der Waals surface area contributed by atoms with Crippen LogP contribution in [0, 0.1) is 6.92 Å². The molecule has 0 radical (unpaired) electrons. The zero-order valence-corrected chi connectivity index (χ0v) is 20.6. The molecular formula is C26H26N2O5S. The Morgan fingerprint density at radius 1 is 1.12 bits per heavy atom. The first-order valence-electron chi connectivity index (χ1n) is 10.9. The lowest BCUT2D eigenvalue weighted by atomic mass is 9.94. The second-order valence-corrected chi connectivity index (χ2v) is 8.83. The van der Waals surface area contributed by atoms with Gasteiger partial charge in [0.15, 0.2) is 4.80 Å². The smallest absolute Gasteiger partial charge is 0.338 e. The number of aryl methyl sites for hydroxylation is 1. The van der Waals surface area contributed by atoms with E-state index in [-0.39, 0.29) is 12.2 Å². The molecule has 0 saturated heterocycles. The molecule has 2 heterocycles. The van der Waals surface area contributed by atoms with Crippen molar-refractivity contribution in [3.8, 4) is 11.5 Å². The summed E-state index contributed by atoms with van der Waals surface area (Å²) < 4.78 is 18.5. The van der Waals surface area contributed by atoms with Crippen LogP contribution in [-0.4, -0.2) is 31.4 Å². The van der Waals surface area contributed by atoms with Gasteiger partial charge in [0.1, 0.15) is 17.5 Å². The quantitative estimate of drug-likeness (QED) is 0.509. The van der Waals surface area contributed by atoms with Crippen LogP contribution in [0.4, 0.5) is 0 Å². The summed E-state index contributed by atoms with van der Waals surface area (Å²) in [5, 5.41) is 0. The zero-order valence-electron chi connectivity index (χ0n) is 19.7. The number of allylic oxidation sites excluding steroid dienone is 1. The molecule has 0 fully saturated rings. The molecule has 0 bridgehead atoms. The first-order valence-corrected chi connectivity index (χ1v) is 11.7. The standard InChI is InChI=1S/C26H26N2O5S/c1-6-33-25(30)22-16(3)27-26-28(23(22)19-14-18(31-4)11-12-20(19)32-5)24(29)21(34-26)13-17-9-7-15(2)8-10-17/h7-14,23H,6H2,1-5H3/b21-13-/t23-/m1/s1. The molecule has 0 saturated carbocycles. The van der Waals surface area contributed by atoms with Crippen molar-refractivity contribution in [2.45, 2.75) is 26.8 Å². The van der Waals surface area contributed by atoms with Crippen LogP contribution in [0.15, 0.2) is 63.5 Å². The van der Waals surface area contributed by atoms with Gasteiger partial charge in [0.25, 0.3) is 5.56 Å². The van der Waals surface area contributed by atoms with Gasteiger partial charge in [-0.1, -0.05) is 41.2 Å². The summed E-state index contributed by atoms with van der Waals surface area (Å²) in [5.41, 5.74) is 3.21. The maximum absolute atomic E-state index is 13.7. The number of nitrogens with zero attached hydrogens (tertiary/aromatic N) is 2. The highest BCUT2D eigenvalue weighted by atomic mass is 32.1. The molecule has 0 unspecified atom stereocenters. The maximum atomic E-state index is 13.7. The fraction of sp³-hybridized carbons (Fsp3) is 0.269. The van der Waals surface area contributed by atoms with Gasteiger partial charge in [-0.3, -0.25) is 9.36 Å². The number of thiazole rings is 1. The first kappa shape index (κ1) is 23.5. The minimum absolute atomic E-state index is 0.204. The van der Waals surface area contributed by atoms with Gasteiger partial charge in [0.05, 0.1) is 36.6 Å². The van der Waals surface area contributed by atoms with Crippen molar-refractivity contribution in [1.29, 1.82) is 0 Å². The van der Waals surface area contributed by atoms with E-state index in [4.69, 9.17) is 14.2 Å². The summed E-state index contributed by atoms with van der Waals surface area (Å²) in [5.74, 6) is 0.581. The third-order valence-electron chi connectivity index (χ3n) is 5.62. The molecule has 1 atom stereocenters. The normalized spacial score (nSPS) is 15.6. The summed E-state index contributed by atoms with van der Waals surface area (Å²) in [7, 11) is 3.11. The SMILES string of the molecule is CCOC(=O)C1=C(C)N=c2s/c(=C\c3ccc(C)cc3)c(=O)n2[C@@H]1c1cc(OC)ccc1OC. The van der Waals surface area contributed by atoms with E-state index in [0.29, 0.717) is 37.7 Å². The highest BCUT2D eigenvalue weighted by Gasteiger charge is 2.35. The van der Waals surface area contributed by atoms with Crippen molar-refractivity contribution >= 4 is 23.4 Å². The lowest BCUT2D eigenvalue weighted by Gasteiger charge is -2.26. The number of ether oxygens (including phenoxy) is 3. The minimum Gasteiger partial charge on any atom is -0.497 e. The number of rotatable bonds is 6. The zero-order chi connectivity index (χ0) is 24.4. The van der Waals surface area contributed by atoms with Crippen molar-refractivity contribution in [2.24, 2.45) is 4.99 Å². The van der Waals surface area contributed by atoms with E-state index in [2.05, 4.69) is 4.99 Å². The Balaban J connectivity index is 2.01. The van der Waals surface area contributed by atoms with Crippen molar-refractivity contribution in [3.05, 3.63) is 90.1 Å². The summed E-state index contributed by atoms with van der Waals surface area (Å²) in [6.07, 6.45) is 1.84. The maximum Gasteiger partial charge on any atom is 0.338 e. The van der Waals surface area contributed by atoms with Gasteiger partial charge in [0, 0.05) is 5.56 Å². The molecule has 4 rings (SSSR count). The van der Waals surface area contributed by atoms with Crippen LogP contribution < -0.4 is 24.4 Å². The monoisotopic (exact) mass is 478 g/mol. The average molecular weight is 479 g/mol. The molecule has 1 aliphatic heterocycles. The van der Waals surface area contributed by atoms with E-state index in [9.17, 15) is 9.59 Å². The minimum atomic E-state index is -0.777. The second-order valence-electron chi connectivity index (χ2n) is 7.82. The number of benzene rings is 2. The number of fused-ring (bicyclic) bond motifs is 1. The fourth-order valence-corrected chi connectivity index (χ4v) is 5.00. The van der Waals surface area contributed by atoms with E-state index >= 15 is 0 Å². The van der Waals surface area contributed by atoms with Crippen LogP contribution in [0.5, 0.6) is 11.5 Å². The molecule has 176 valence electrons. The molecule has 8 heteroatoms. The number of carbonyl (C=O) groups excluding carboxylic acids is 1. The average Bonchev–Trinajstić information content (AvgIpc) is 3.13. The van der Waals surface area contributed by atoms with Crippen molar-refractivity contribution in [2.75, 3.05) is 20.8 Å². The summed E-state index contributed by atoms with van der Waals surface area (Å²) in [6, 6.07) is 12.4. The summed E-state index contributed by atoms with van der Waals surface area (Å²) in [6.45, 7) is 5.71. The van der Waals surface area contributed by atoms with Gasteiger partial charge in [-0.25, -0.2) is 9.79 Å². The Bertz CT molecular complexity index is 1450. The molecule has 0 spiro atoms. The molecule has 7 nitrogen and oxygen atoms in total. The van der Waals surface area contributed by atoms with E-state index < -0.39 is 12.0 Å². The van der Waals surface area contributed by atoms with Gasteiger partial charge in [-0.15, -0.1) is 0 Å². The Hall–Kier alpha value is -3.65. The van der Waals surface area contributed by atoms with Crippen molar-refractivity contribution < 1.29 is 19.0 Å². The van der Waals surface area contributed by atoms with Gasteiger partial charge in [0.2, 0.25) is 0 Å². The molecule has 1 aromatic heterocycles. The molecule has 0 N–H and O–H groups in total. The molecule has 34 heavy (non-hydrogen) atoms. The largest absolute Gasteiger partial charge is 0.497 e. The van der Waals surface area contributed by atoms with Crippen molar-refractivity contribution in [3.63, 3.8) is 0 Å². The third kappa shape index (κ3) is 4.28. The van der Waals surface area contributed by atoms with E-state index in [1.165, 1.54) is 11.3 Å². The molecule has 3 aromatic rings. The van der Waals surface area contributed by atoms with Crippen LogP contribution in [0.2, 0.25) is 0 Å². The van der Waals surface area contributed by atoms with E-state index in [1.54, 1.807) is 50.8 Å². The number of carbonyl (C=O) groups is 1. The Labute approximate surface area is 201 Å². The highest BCUT2D eigenvalue weighted by molar-refractivity contribution is 7.07. The topological polar surface area (TPSA) is 79.1 Å². The van der Waals surface area contributed by atoms with E-state index in [1.807, 2.05) is 37.3 Å². The highest BCUT2D eigenvalue weighted by Crippen LogP contribution is 2.37. The number of hydrogen-bond acceptors (Lipinski definition) is 7. The Kier molecular flexibility index (Phi) is 6.70. The van der Waals surface area contributed by atoms with Gasteiger partial charge in [-0.2, -0.15) is 0 Å². The molecule has 1 aliphatic rings. The predicted molar refractivity (Wildman–Crippen MR) is 131 cm³/mol. The Morgan fingerprint density at radius 2 is 1.85 bits per heavy atom. The molecule has 0 amide bonds. The van der Waals surface area contributed by atoms with Gasteiger partial charge < -0.3 is 14.2 Å². The van der Waals surface area contributed by atoms with Crippen LogP contribution in [0.25, 0.3) is 6.08 Å². The molecule has 0 aliphatic carbocycles. The number of hydrogen-bond donors (Lipinski definition) is 0. The van der Waals surface area contributed by atoms with Crippen LogP contribution in [-0.2, 0) is 9.53 Å². The van der Waals surface area contributed by atoms with Crippen LogP contribution in [0.1, 0.15) is 36.6 Å². The number of aromatic nitrogens is 1. The molecular weight excluding hydrogens is 452 g/mol. The second kappa shape index (κ2) is 9.69. The van der Waals surface area contributed by atoms with Crippen LogP contribution in [0.3, 0.4) is 0 Å². The fourth-order valence-electron chi connectivity index (χ4n) is 3.95. The predicted octanol–water partition coefficient (Wildman–Crippen LogP) is 3.12. The lowest BCUT2D eigenvalue weighted by molar-refractivity contribution is -0.139. The van der Waals surface area contributed by atoms with Gasteiger partial charge in [-0.05, 0) is 50.6 Å². The third-order valence-corrected chi connectivity index (χ3v) is 6.61. The number of methoxy groups -OCH3 is 2. The number of esters is 1.